The monoisotopic (exact) mass is 391 g/mol. The zero-order valence-electron chi connectivity index (χ0n) is 16.5. The molecule has 4 rings (SSSR count). The average molecular weight is 391 g/mol. The average Bonchev–Trinajstić information content (AvgIpc) is 3.32. The molecule has 0 spiro atoms. The molecule has 1 aliphatic heterocycles. The minimum Gasteiger partial charge on any atom is -0.378 e. The summed E-state index contributed by atoms with van der Waals surface area (Å²) in [5.41, 5.74) is 2.45. The van der Waals surface area contributed by atoms with Gasteiger partial charge < -0.3 is 14.8 Å². The molecule has 8 heteroatoms. The molecule has 0 aromatic carbocycles. The van der Waals surface area contributed by atoms with Gasteiger partial charge in [-0.15, -0.1) is 0 Å². The fourth-order valence-corrected chi connectivity index (χ4v) is 3.67. The number of carbonyl (C=O) groups is 1. The summed E-state index contributed by atoms with van der Waals surface area (Å²) in [6, 6.07) is 7.89. The molecule has 1 N–H and O–H groups in total. The number of methoxy groups -OCH3 is 1. The van der Waals surface area contributed by atoms with Crippen LogP contribution in [0.3, 0.4) is 0 Å². The van der Waals surface area contributed by atoms with E-state index in [0.29, 0.717) is 35.8 Å². The molecule has 0 saturated carbocycles. The number of nitrogens with zero attached hydrogens (tertiary/aromatic N) is 4. The molecule has 1 aliphatic rings. The predicted octanol–water partition coefficient (Wildman–Crippen LogP) is 2.82. The lowest BCUT2D eigenvalue weighted by Gasteiger charge is -2.26. The van der Waals surface area contributed by atoms with E-state index in [9.17, 15) is 10.1 Å². The van der Waals surface area contributed by atoms with Crippen LogP contribution in [-0.2, 0) is 19.9 Å². The summed E-state index contributed by atoms with van der Waals surface area (Å²) in [6.45, 7) is 4.49. The molecule has 0 bridgehead atoms. The van der Waals surface area contributed by atoms with Gasteiger partial charge in [0.25, 0.3) is 0 Å². The molecule has 4 heterocycles. The standard InChI is InChI=1S/C21H21N5O3/c1-13-6-18(21(28-3)4-5-29-12-21)25-20(7-13)26-11-15(9-22)16-10-23-19(8-17(16)26)24-14(2)27/h6-8,10-11H,4-5,12H2,1-3H3,(H,23,24,27)/t21-/m0/s1. The number of aromatic nitrogens is 3. The second kappa shape index (κ2) is 7.28. The first-order valence-electron chi connectivity index (χ1n) is 9.27. The van der Waals surface area contributed by atoms with Gasteiger partial charge in [0, 0.05) is 50.9 Å². The van der Waals surface area contributed by atoms with Crippen LogP contribution >= 0.6 is 0 Å². The van der Waals surface area contributed by atoms with Crippen LogP contribution in [0.5, 0.6) is 0 Å². The Morgan fingerprint density at radius 3 is 2.90 bits per heavy atom. The summed E-state index contributed by atoms with van der Waals surface area (Å²) < 4.78 is 13.2. The fourth-order valence-electron chi connectivity index (χ4n) is 3.67. The third-order valence-electron chi connectivity index (χ3n) is 5.16. The molecule has 3 aromatic heterocycles. The van der Waals surface area contributed by atoms with Crippen molar-refractivity contribution in [2.75, 3.05) is 25.6 Å². The molecule has 8 nitrogen and oxygen atoms in total. The lowest BCUT2D eigenvalue weighted by atomic mass is 9.97. The number of carbonyl (C=O) groups excluding carboxylic acids is 1. The van der Waals surface area contributed by atoms with Crippen molar-refractivity contribution in [3.8, 4) is 11.9 Å². The molecule has 0 unspecified atom stereocenters. The van der Waals surface area contributed by atoms with Crippen LogP contribution in [0, 0.1) is 18.3 Å². The van der Waals surface area contributed by atoms with Gasteiger partial charge in [0.1, 0.15) is 23.3 Å². The van der Waals surface area contributed by atoms with Crippen molar-refractivity contribution in [1.82, 2.24) is 14.5 Å². The van der Waals surface area contributed by atoms with Crippen LogP contribution in [-0.4, -0.2) is 40.8 Å². The lowest BCUT2D eigenvalue weighted by Crippen LogP contribution is -2.30. The van der Waals surface area contributed by atoms with Crippen LogP contribution in [0.4, 0.5) is 5.82 Å². The second-order valence-electron chi connectivity index (χ2n) is 7.18. The van der Waals surface area contributed by atoms with Crippen molar-refractivity contribution in [2.45, 2.75) is 25.9 Å². The van der Waals surface area contributed by atoms with Crippen LogP contribution in [0.2, 0.25) is 0 Å². The van der Waals surface area contributed by atoms with E-state index in [1.54, 1.807) is 25.6 Å². The Morgan fingerprint density at radius 1 is 1.41 bits per heavy atom. The van der Waals surface area contributed by atoms with E-state index in [1.165, 1.54) is 6.92 Å². The number of nitrogens with one attached hydrogen (secondary N) is 1. The Bertz CT molecular complexity index is 1140. The van der Waals surface area contributed by atoms with E-state index < -0.39 is 5.60 Å². The second-order valence-corrected chi connectivity index (χ2v) is 7.18. The molecular formula is C21H21N5O3. The molecule has 148 valence electrons. The van der Waals surface area contributed by atoms with E-state index in [1.807, 2.05) is 23.6 Å². The quantitative estimate of drug-likeness (QED) is 0.734. The summed E-state index contributed by atoms with van der Waals surface area (Å²) in [6.07, 6.45) is 4.06. The topological polar surface area (TPSA) is 102 Å². The number of fused-ring (bicyclic) bond motifs is 1. The number of hydrogen-bond donors (Lipinski definition) is 1. The molecule has 3 aromatic rings. The van der Waals surface area contributed by atoms with E-state index >= 15 is 0 Å². The Hall–Kier alpha value is -3.28. The number of aryl methyl sites for hydroxylation is 1. The number of nitriles is 1. The highest BCUT2D eigenvalue weighted by atomic mass is 16.5. The summed E-state index contributed by atoms with van der Waals surface area (Å²) in [5.74, 6) is 0.865. The highest BCUT2D eigenvalue weighted by molar-refractivity contribution is 5.93. The van der Waals surface area contributed by atoms with Crippen LogP contribution < -0.4 is 5.32 Å². The number of hydrogen-bond acceptors (Lipinski definition) is 6. The van der Waals surface area contributed by atoms with Gasteiger partial charge in [-0.2, -0.15) is 5.26 Å². The molecule has 1 fully saturated rings. The van der Waals surface area contributed by atoms with E-state index in [0.717, 1.165) is 23.2 Å². The highest BCUT2D eigenvalue weighted by Crippen LogP contribution is 2.34. The third-order valence-corrected chi connectivity index (χ3v) is 5.16. The molecule has 29 heavy (non-hydrogen) atoms. The van der Waals surface area contributed by atoms with E-state index in [2.05, 4.69) is 16.4 Å². The number of anilines is 1. The molecule has 0 radical (unpaired) electrons. The van der Waals surface area contributed by atoms with Crippen LogP contribution in [0.25, 0.3) is 16.7 Å². The third kappa shape index (κ3) is 3.35. The van der Waals surface area contributed by atoms with Crippen molar-refractivity contribution in [1.29, 1.82) is 5.26 Å². The molecular weight excluding hydrogens is 370 g/mol. The van der Waals surface area contributed by atoms with Gasteiger partial charge in [-0.1, -0.05) is 0 Å². The van der Waals surface area contributed by atoms with Gasteiger partial charge in [-0.05, 0) is 24.6 Å². The van der Waals surface area contributed by atoms with E-state index in [-0.39, 0.29) is 5.91 Å². The minimum absolute atomic E-state index is 0.213. The number of pyridine rings is 2. The number of ether oxygens (including phenoxy) is 2. The smallest absolute Gasteiger partial charge is 0.222 e. The van der Waals surface area contributed by atoms with Gasteiger partial charge in [0.05, 0.1) is 23.4 Å². The first kappa shape index (κ1) is 19.1. The van der Waals surface area contributed by atoms with Gasteiger partial charge in [0.2, 0.25) is 5.91 Å². The number of amides is 1. The summed E-state index contributed by atoms with van der Waals surface area (Å²) in [5, 5.41) is 12.9. The highest BCUT2D eigenvalue weighted by Gasteiger charge is 2.38. The molecule has 1 amide bonds. The first-order chi connectivity index (χ1) is 14.0. The Morgan fingerprint density at radius 2 is 2.24 bits per heavy atom. The SMILES string of the molecule is CO[C@@]1(c2cc(C)cc(-n3cc(C#N)c4cnc(NC(C)=O)cc43)n2)CCOC1. The van der Waals surface area contributed by atoms with Gasteiger partial charge in [0.15, 0.2) is 0 Å². The van der Waals surface area contributed by atoms with Gasteiger partial charge in [-0.25, -0.2) is 9.97 Å². The van der Waals surface area contributed by atoms with Crippen LogP contribution in [0.1, 0.15) is 30.2 Å². The summed E-state index contributed by atoms with van der Waals surface area (Å²) in [7, 11) is 1.67. The maximum Gasteiger partial charge on any atom is 0.222 e. The maximum absolute atomic E-state index is 11.4. The van der Waals surface area contributed by atoms with Crippen molar-refractivity contribution in [2.24, 2.45) is 0 Å². The van der Waals surface area contributed by atoms with Crippen molar-refractivity contribution >= 4 is 22.6 Å². The van der Waals surface area contributed by atoms with Gasteiger partial charge >= 0.3 is 0 Å². The normalized spacial score (nSPS) is 18.7. The summed E-state index contributed by atoms with van der Waals surface area (Å²) >= 11 is 0. The number of rotatable bonds is 4. The molecule has 1 atom stereocenters. The molecule has 1 saturated heterocycles. The minimum atomic E-state index is -0.579. The van der Waals surface area contributed by atoms with Gasteiger partial charge in [-0.3, -0.25) is 9.36 Å². The van der Waals surface area contributed by atoms with Crippen molar-refractivity contribution in [3.63, 3.8) is 0 Å². The Kier molecular flexibility index (Phi) is 4.78. The maximum atomic E-state index is 11.4. The lowest BCUT2D eigenvalue weighted by molar-refractivity contribution is -0.114. The zero-order valence-corrected chi connectivity index (χ0v) is 16.5. The Balaban J connectivity index is 1.90. The zero-order chi connectivity index (χ0) is 20.6. The van der Waals surface area contributed by atoms with Crippen molar-refractivity contribution in [3.05, 3.63) is 47.4 Å². The van der Waals surface area contributed by atoms with Crippen LogP contribution in [0.15, 0.2) is 30.6 Å². The largest absolute Gasteiger partial charge is 0.378 e. The van der Waals surface area contributed by atoms with E-state index in [4.69, 9.17) is 14.5 Å². The molecule has 0 aliphatic carbocycles. The Labute approximate surface area is 168 Å². The summed E-state index contributed by atoms with van der Waals surface area (Å²) in [4.78, 5) is 20.5. The predicted molar refractivity (Wildman–Crippen MR) is 107 cm³/mol. The van der Waals surface area contributed by atoms with Crippen molar-refractivity contribution < 1.29 is 14.3 Å². The first-order valence-corrected chi connectivity index (χ1v) is 9.27. The fraction of sp³-hybridized carbons (Fsp3) is 0.333.